The highest BCUT2D eigenvalue weighted by atomic mass is 35.5. The van der Waals surface area contributed by atoms with Crippen molar-refractivity contribution in [3.8, 4) is 5.75 Å². The summed E-state index contributed by atoms with van der Waals surface area (Å²) in [5.74, 6) is -0.416. The van der Waals surface area contributed by atoms with E-state index in [-0.39, 0.29) is 23.0 Å². The Kier molecular flexibility index (Phi) is 10.8. The van der Waals surface area contributed by atoms with E-state index in [1.54, 1.807) is 66.7 Å². The molecule has 0 aliphatic rings. The van der Waals surface area contributed by atoms with E-state index in [2.05, 4.69) is 5.32 Å². The molecular weight excluding hydrogens is 538 g/mol. The second-order valence-corrected chi connectivity index (χ2v) is 11.1. The number of halogens is 1. The zero-order chi connectivity index (χ0) is 28.4. The van der Waals surface area contributed by atoms with Crippen LogP contribution in [0.15, 0.2) is 83.8 Å². The standard InChI is InChI=1S/C29H34ClN3O5S/c1-4-18-31-29(35)27(5-2)32(20-22-12-9-10-17-26(22)30)28(34)21-33(23-13-11-14-24(19-23)38-3)39(36,37)25-15-7-6-8-16-25/h6-17,19,27H,4-5,18,20-21H2,1-3H3,(H,31,35). The number of anilines is 1. The van der Waals surface area contributed by atoms with Crippen LogP contribution >= 0.6 is 11.6 Å². The summed E-state index contributed by atoms with van der Waals surface area (Å²) in [6, 6.07) is 20.6. The van der Waals surface area contributed by atoms with Crippen molar-refractivity contribution in [3.63, 3.8) is 0 Å². The second-order valence-electron chi connectivity index (χ2n) is 8.85. The van der Waals surface area contributed by atoms with E-state index in [0.717, 1.165) is 10.7 Å². The van der Waals surface area contributed by atoms with Crippen LogP contribution in [0.3, 0.4) is 0 Å². The van der Waals surface area contributed by atoms with Crippen molar-refractivity contribution < 1.29 is 22.7 Å². The molecule has 2 amide bonds. The van der Waals surface area contributed by atoms with Crippen molar-refractivity contribution in [1.82, 2.24) is 10.2 Å². The first-order chi connectivity index (χ1) is 18.7. The van der Waals surface area contributed by atoms with Gasteiger partial charge in [0, 0.05) is 24.2 Å². The van der Waals surface area contributed by atoms with Crippen LogP contribution in [0.5, 0.6) is 5.75 Å². The molecule has 39 heavy (non-hydrogen) atoms. The van der Waals surface area contributed by atoms with E-state index >= 15 is 0 Å². The zero-order valence-corrected chi connectivity index (χ0v) is 23.9. The number of nitrogens with zero attached hydrogens (tertiary/aromatic N) is 2. The first-order valence-corrected chi connectivity index (χ1v) is 14.6. The average molecular weight is 572 g/mol. The Labute approximate surface area is 235 Å². The molecule has 0 aliphatic heterocycles. The number of sulfonamides is 1. The van der Waals surface area contributed by atoms with Gasteiger partial charge in [0.15, 0.2) is 0 Å². The lowest BCUT2D eigenvalue weighted by Gasteiger charge is -2.33. The molecule has 1 N–H and O–H groups in total. The molecule has 1 unspecified atom stereocenters. The summed E-state index contributed by atoms with van der Waals surface area (Å²) in [5.41, 5.74) is 0.904. The van der Waals surface area contributed by atoms with Gasteiger partial charge >= 0.3 is 0 Å². The van der Waals surface area contributed by atoms with Crippen LogP contribution in [0.2, 0.25) is 5.02 Å². The second kappa shape index (κ2) is 14.0. The molecule has 3 rings (SSSR count). The van der Waals surface area contributed by atoms with Crippen LogP contribution < -0.4 is 14.4 Å². The molecule has 0 spiro atoms. The molecule has 0 saturated carbocycles. The summed E-state index contributed by atoms with van der Waals surface area (Å²) in [6.07, 6.45) is 1.07. The Morgan fingerprint density at radius 2 is 1.67 bits per heavy atom. The van der Waals surface area contributed by atoms with Crippen molar-refractivity contribution >= 4 is 39.1 Å². The van der Waals surface area contributed by atoms with Crippen molar-refractivity contribution in [1.29, 1.82) is 0 Å². The molecule has 208 valence electrons. The van der Waals surface area contributed by atoms with Gasteiger partial charge in [-0.05, 0) is 48.7 Å². The summed E-state index contributed by atoms with van der Waals surface area (Å²) in [6.45, 7) is 3.71. The zero-order valence-electron chi connectivity index (χ0n) is 22.3. The Morgan fingerprint density at radius 3 is 2.31 bits per heavy atom. The highest BCUT2D eigenvalue weighted by Gasteiger charge is 2.34. The number of hydrogen-bond donors (Lipinski definition) is 1. The molecule has 1 atom stereocenters. The SMILES string of the molecule is CCCNC(=O)C(CC)N(Cc1ccccc1Cl)C(=O)CN(c1cccc(OC)c1)S(=O)(=O)c1ccccc1. The molecule has 3 aromatic carbocycles. The molecule has 0 radical (unpaired) electrons. The molecule has 3 aromatic rings. The van der Waals surface area contributed by atoms with Gasteiger partial charge in [0.2, 0.25) is 11.8 Å². The predicted molar refractivity (Wildman–Crippen MR) is 153 cm³/mol. The van der Waals surface area contributed by atoms with Crippen molar-refractivity contribution in [2.24, 2.45) is 0 Å². The van der Waals surface area contributed by atoms with E-state index < -0.39 is 28.5 Å². The number of benzene rings is 3. The van der Waals surface area contributed by atoms with Gasteiger partial charge in [0.05, 0.1) is 17.7 Å². The van der Waals surface area contributed by atoms with E-state index in [9.17, 15) is 18.0 Å². The topological polar surface area (TPSA) is 96.0 Å². The highest BCUT2D eigenvalue weighted by Crippen LogP contribution is 2.28. The van der Waals surface area contributed by atoms with Crippen molar-refractivity contribution in [2.45, 2.75) is 44.2 Å². The fourth-order valence-corrected chi connectivity index (χ4v) is 5.73. The van der Waals surface area contributed by atoms with E-state index in [0.29, 0.717) is 29.3 Å². The fourth-order valence-electron chi connectivity index (χ4n) is 4.11. The number of carbonyl (C=O) groups excluding carboxylic acids is 2. The van der Waals surface area contributed by atoms with Crippen LogP contribution in [-0.4, -0.2) is 51.4 Å². The Hall–Kier alpha value is -3.56. The van der Waals surface area contributed by atoms with Gasteiger partial charge in [-0.3, -0.25) is 13.9 Å². The average Bonchev–Trinajstić information content (AvgIpc) is 2.95. The first kappa shape index (κ1) is 30.0. The number of carbonyl (C=O) groups is 2. The lowest BCUT2D eigenvalue weighted by Crippen LogP contribution is -2.52. The maximum absolute atomic E-state index is 14.0. The van der Waals surface area contributed by atoms with E-state index in [1.807, 2.05) is 13.8 Å². The van der Waals surface area contributed by atoms with Crippen LogP contribution in [0, 0.1) is 0 Å². The predicted octanol–water partition coefficient (Wildman–Crippen LogP) is 4.88. The summed E-state index contributed by atoms with van der Waals surface area (Å²) in [7, 11) is -2.67. The largest absolute Gasteiger partial charge is 0.497 e. The van der Waals surface area contributed by atoms with Crippen LogP contribution in [0.25, 0.3) is 0 Å². The van der Waals surface area contributed by atoms with Gasteiger partial charge in [-0.1, -0.05) is 67.9 Å². The van der Waals surface area contributed by atoms with Gasteiger partial charge < -0.3 is 15.0 Å². The number of ether oxygens (including phenoxy) is 1. The van der Waals surface area contributed by atoms with Crippen LogP contribution in [0.1, 0.15) is 32.3 Å². The third-order valence-electron chi connectivity index (χ3n) is 6.19. The highest BCUT2D eigenvalue weighted by molar-refractivity contribution is 7.92. The number of methoxy groups -OCH3 is 1. The number of rotatable bonds is 13. The van der Waals surface area contributed by atoms with E-state index in [4.69, 9.17) is 16.3 Å². The molecule has 0 fully saturated rings. The molecule has 0 heterocycles. The minimum Gasteiger partial charge on any atom is -0.497 e. The van der Waals surface area contributed by atoms with Gasteiger partial charge in [-0.2, -0.15) is 0 Å². The number of nitrogens with one attached hydrogen (secondary N) is 1. The number of hydrogen-bond acceptors (Lipinski definition) is 5. The lowest BCUT2D eigenvalue weighted by atomic mass is 10.1. The molecule has 10 heteroatoms. The van der Waals surface area contributed by atoms with E-state index in [1.165, 1.54) is 24.1 Å². The Balaban J connectivity index is 2.07. The molecule has 8 nitrogen and oxygen atoms in total. The molecule has 0 aromatic heterocycles. The third kappa shape index (κ3) is 7.52. The molecular formula is C29H34ClN3O5S. The Bertz CT molecular complexity index is 1370. The maximum Gasteiger partial charge on any atom is 0.264 e. The summed E-state index contributed by atoms with van der Waals surface area (Å²) in [4.78, 5) is 28.6. The van der Waals surface area contributed by atoms with Gasteiger partial charge in [-0.25, -0.2) is 8.42 Å². The summed E-state index contributed by atoms with van der Waals surface area (Å²) < 4.78 is 34.0. The Morgan fingerprint density at radius 1 is 0.974 bits per heavy atom. The summed E-state index contributed by atoms with van der Waals surface area (Å²) in [5, 5.41) is 3.31. The maximum atomic E-state index is 14.0. The molecule has 0 bridgehead atoms. The van der Waals surface area contributed by atoms with Crippen molar-refractivity contribution in [2.75, 3.05) is 24.5 Å². The molecule has 0 saturated heterocycles. The summed E-state index contributed by atoms with van der Waals surface area (Å²) >= 11 is 6.41. The normalized spacial score (nSPS) is 11.9. The lowest BCUT2D eigenvalue weighted by molar-refractivity contribution is -0.140. The first-order valence-electron chi connectivity index (χ1n) is 12.7. The quantitative estimate of drug-likeness (QED) is 0.315. The third-order valence-corrected chi connectivity index (χ3v) is 8.34. The molecule has 0 aliphatic carbocycles. The minimum absolute atomic E-state index is 0.0333. The fraction of sp³-hybridized carbons (Fsp3) is 0.310. The van der Waals surface area contributed by atoms with Crippen molar-refractivity contribution in [3.05, 3.63) is 89.4 Å². The van der Waals surface area contributed by atoms with Gasteiger partial charge in [0.1, 0.15) is 18.3 Å². The monoisotopic (exact) mass is 571 g/mol. The minimum atomic E-state index is -4.15. The van der Waals surface area contributed by atoms with Crippen LogP contribution in [-0.2, 0) is 26.2 Å². The smallest absolute Gasteiger partial charge is 0.264 e. The van der Waals surface area contributed by atoms with Gasteiger partial charge in [-0.15, -0.1) is 0 Å². The number of amides is 2. The van der Waals surface area contributed by atoms with Gasteiger partial charge in [0.25, 0.3) is 10.0 Å². The van der Waals surface area contributed by atoms with Crippen LogP contribution in [0.4, 0.5) is 5.69 Å².